The molecule has 0 aliphatic carbocycles. The van der Waals surface area contributed by atoms with E-state index in [2.05, 4.69) is 26.6 Å². The van der Waals surface area contributed by atoms with E-state index in [9.17, 15) is 5.11 Å². The molecule has 1 aromatic carbocycles. The van der Waals surface area contributed by atoms with Crippen molar-refractivity contribution in [1.29, 1.82) is 0 Å². The van der Waals surface area contributed by atoms with E-state index in [1.807, 2.05) is 18.2 Å². The van der Waals surface area contributed by atoms with Crippen molar-refractivity contribution in [3.05, 3.63) is 35.4 Å². The minimum absolute atomic E-state index is 0.550. The molecule has 128 valence electrons. The monoisotopic (exact) mass is 330 g/mol. The first-order chi connectivity index (χ1) is 11.7. The van der Waals surface area contributed by atoms with Crippen LogP contribution >= 0.6 is 0 Å². The molecule has 4 rings (SSSR count). The van der Waals surface area contributed by atoms with Crippen molar-refractivity contribution in [2.24, 2.45) is 0 Å². The normalized spacial score (nSPS) is 18.2. The molecule has 0 saturated carbocycles. The fourth-order valence-corrected chi connectivity index (χ4v) is 3.30. The zero-order valence-corrected chi connectivity index (χ0v) is 13.8. The van der Waals surface area contributed by atoms with Crippen LogP contribution in [0.2, 0.25) is 0 Å². The number of nitrogens with zero attached hydrogens (tertiary/aromatic N) is 4. The summed E-state index contributed by atoms with van der Waals surface area (Å²) in [5.74, 6) is 3.48. The molecule has 0 fully saturated rings. The Morgan fingerprint density at radius 2 is 2.00 bits per heavy atom. The molecular weight excluding hydrogens is 308 g/mol. The van der Waals surface area contributed by atoms with E-state index in [0.29, 0.717) is 32.1 Å². The Hall–Kier alpha value is -2.12. The van der Waals surface area contributed by atoms with Gasteiger partial charge in [-0.2, -0.15) is 0 Å². The van der Waals surface area contributed by atoms with Gasteiger partial charge in [0.1, 0.15) is 24.9 Å². The maximum Gasteiger partial charge on any atom is 0.161 e. The first kappa shape index (κ1) is 15.4. The van der Waals surface area contributed by atoms with Crippen LogP contribution in [-0.2, 0) is 19.5 Å². The van der Waals surface area contributed by atoms with Crippen LogP contribution < -0.4 is 9.47 Å². The molecule has 7 nitrogen and oxygen atoms in total. The lowest BCUT2D eigenvalue weighted by molar-refractivity contribution is 0.0952. The molecule has 0 amide bonds. The maximum absolute atomic E-state index is 10.6. The lowest BCUT2D eigenvalue weighted by Crippen LogP contribution is -2.37. The number of hydrogen-bond acceptors (Lipinski definition) is 6. The predicted octanol–water partition coefficient (Wildman–Crippen LogP) is 1.16. The molecule has 0 radical (unpaired) electrons. The third kappa shape index (κ3) is 2.85. The lowest BCUT2D eigenvalue weighted by Gasteiger charge is -2.29. The van der Waals surface area contributed by atoms with E-state index in [-0.39, 0.29) is 0 Å². The van der Waals surface area contributed by atoms with Crippen molar-refractivity contribution in [3.8, 4) is 11.5 Å². The zero-order chi connectivity index (χ0) is 16.5. The van der Waals surface area contributed by atoms with Crippen LogP contribution in [0.25, 0.3) is 0 Å². The van der Waals surface area contributed by atoms with E-state index >= 15 is 0 Å². The van der Waals surface area contributed by atoms with Gasteiger partial charge in [0.2, 0.25) is 0 Å². The molecule has 0 spiro atoms. The Kier molecular flexibility index (Phi) is 4.12. The van der Waals surface area contributed by atoms with Crippen molar-refractivity contribution in [2.75, 3.05) is 26.3 Å². The van der Waals surface area contributed by atoms with Gasteiger partial charge >= 0.3 is 0 Å². The summed E-state index contributed by atoms with van der Waals surface area (Å²) < 4.78 is 13.3. The van der Waals surface area contributed by atoms with Gasteiger partial charge in [-0.15, -0.1) is 10.2 Å². The van der Waals surface area contributed by atoms with Gasteiger partial charge in [0.15, 0.2) is 11.5 Å². The Morgan fingerprint density at radius 3 is 2.83 bits per heavy atom. The number of rotatable bonds is 4. The number of aromatic nitrogens is 3. The van der Waals surface area contributed by atoms with Crippen LogP contribution in [0.15, 0.2) is 18.2 Å². The topological polar surface area (TPSA) is 72.6 Å². The molecule has 1 atom stereocenters. The second-order valence-corrected chi connectivity index (χ2v) is 6.19. The van der Waals surface area contributed by atoms with Crippen molar-refractivity contribution >= 4 is 0 Å². The van der Waals surface area contributed by atoms with Gasteiger partial charge in [0.05, 0.1) is 12.6 Å². The van der Waals surface area contributed by atoms with Crippen LogP contribution in [-0.4, -0.2) is 51.1 Å². The fraction of sp³-hybridized carbons (Fsp3) is 0.529. The van der Waals surface area contributed by atoms with E-state index in [1.54, 1.807) is 0 Å². The van der Waals surface area contributed by atoms with Gasteiger partial charge in [-0.05, 0) is 17.7 Å². The summed E-state index contributed by atoms with van der Waals surface area (Å²) in [4.78, 5) is 2.21. The second-order valence-electron chi connectivity index (χ2n) is 6.19. The molecule has 2 aliphatic rings. The molecule has 2 aliphatic heterocycles. The van der Waals surface area contributed by atoms with E-state index in [1.165, 1.54) is 0 Å². The number of hydrogen-bond donors (Lipinski definition) is 1. The average molecular weight is 330 g/mol. The molecular formula is C17H22N4O3. The summed E-state index contributed by atoms with van der Waals surface area (Å²) in [6, 6.07) is 5.65. The highest BCUT2D eigenvalue weighted by atomic mass is 16.6. The number of benzene rings is 1. The highest BCUT2D eigenvalue weighted by Gasteiger charge is 2.23. The maximum atomic E-state index is 10.6. The number of aliphatic hydroxyl groups is 1. The van der Waals surface area contributed by atoms with Crippen LogP contribution in [0.3, 0.4) is 0 Å². The highest BCUT2D eigenvalue weighted by molar-refractivity contribution is 5.44. The van der Waals surface area contributed by atoms with Gasteiger partial charge < -0.3 is 19.1 Å². The number of ether oxygens (including phenoxy) is 2. The van der Waals surface area contributed by atoms with Crippen LogP contribution in [0.4, 0.5) is 0 Å². The molecule has 7 heteroatoms. The van der Waals surface area contributed by atoms with Crippen LogP contribution in [0, 0.1) is 0 Å². The third-order valence-corrected chi connectivity index (χ3v) is 4.61. The average Bonchev–Trinajstić information content (AvgIpc) is 3.03. The Balaban J connectivity index is 1.44. The second kappa shape index (κ2) is 6.41. The number of aryl methyl sites for hydroxylation is 1. The van der Waals surface area contributed by atoms with Gasteiger partial charge in [0, 0.05) is 26.1 Å². The molecule has 1 N–H and O–H groups in total. The van der Waals surface area contributed by atoms with Gasteiger partial charge in [-0.25, -0.2) is 0 Å². The first-order valence-electron chi connectivity index (χ1n) is 8.45. The smallest absolute Gasteiger partial charge is 0.161 e. The third-order valence-electron chi connectivity index (χ3n) is 4.61. The Bertz CT molecular complexity index is 731. The quantitative estimate of drug-likeness (QED) is 0.907. The molecule has 1 aromatic heterocycles. The highest BCUT2D eigenvalue weighted by Crippen LogP contribution is 2.33. The first-order valence-corrected chi connectivity index (χ1v) is 8.45. The molecule has 3 heterocycles. The molecule has 0 saturated heterocycles. The summed E-state index contributed by atoms with van der Waals surface area (Å²) in [5.41, 5.74) is 0.848. The van der Waals surface area contributed by atoms with Crippen LogP contribution in [0.1, 0.15) is 30.2 Å². The number of β-amino-alcohol motifs (C(OH)–C–C–N with tert-alkyl or cyclic N) is 1. The summed E-state index contributed by atoms with van der Waals surface area (Å²) in [7, 11) is 0. The van der Waals surface area contributed by atoms with Crippen molar-refractivity contribution in [3.63, 3.8) is 0 Å². The molecule has 24 heavy (non-hydrogen) atoms. The Labute approximate surface area is 140 Å². The minimum atomic E-state index is -0.569. The largest absolute Gasteiger partial charge is 0.486 e. The summed E-state index contributed by atoms with van der Waals surface area (Å²) in [6.45, 7) is 6.26. The van der Waals surface area contributed by atoms with Crippen LogP contribution in [0.5, 0.6) is 11.5 Å². The summed E-state index contributed by atoms with van der Waals surface area (Å²) >= 11 is 0. The number of aliphatic hydroxyl groups excluding tert-OH is 1. The van der Waals surface area contributed by atoms with Gasteiger partial charge in [-0.1, -0.05) is 13.0 Å². The van der Waals surface area contributed by atoms with Crippen molar-refractivity contribution in [2.45, 2.75) is 32.5 Å². The number of fused-ring (bicyclic) bond motifs is 2. The minimum Gasteiger partial charge on any atom is -0.486 e. The predicted molar refractivity (Wildman–Crippen MR) is 87.1 cm³/mol. The lowest BCUT2D eigenvalue weighted by atomic mass is 10.1. The summed E-state index contributed by atoms with van der Waals surface area (Å²) in [5, 5.41) is 19.1. The van der Waals surface area contributed by atoms with Gasteiger partial charge in [-0.3, -0.25) is 4.90 Å². The summed E-state index contributed by atoms with van der Waals surface area (Å²) in [6.07, 6.45) is 0.327. The SMILES string of the molecule is CCc1nnc2n1CCN(C[C@@H](O)c1ccc3c(c1)OCCO3)C2. The Morgan fingerprint density at radius 1 is 1.17 bits per heavy atom. The van der Waals surface area contributed by atoms with E-state index in [0.717, 1.165) is 42.5 Å². The standard InChI is InChI=1S/C17H22N4O3/c1-2-16-18-19-17-11-20(5-6-21(16)17)10-13(22)12-3-4-14-15(9-12)24-8-7-23-14/h3-4,9,13,22H,2,5-8,10-11H2,1H3/t13-/m1/s1. The van der Waals surface area contributed by atoms with E-state index < -0.39 is 6.10 Å². The molecule has 2 aromatic rings. The fourth-order valence-electron chi connectivity index (χ4n) is 3.30. The van der Waals surface area contributed by atoms with Gasteiger partial charge in [0.25, 0.3) is 0 Å². The van der Waals surface area contributed by atoms with Crippen molar-refractivity contribution in [1.82, 2.24) is 19.7 Å². The molecule has 0 unspecified atom stereocenters. The molecule has 0 bridgehead atoms. The van der Waals surface area contributed by atoms with Crippen molar-refractivity contribution < 1.29 is 14.6 Å². The zero-order valence-electron chi connectivity index (χ0n) is 13.8. The van der Waals surface area contributed by atoms with E-state index in [4.69, 9.17) is 9.47 Å².